The minimum absolute atomic E-state index is 0.00561. The average Bonchev–Trinajstić information content (AvgIpc) is 3.48. The Kier molecular flexibility index (Phi) is 5.52. The Morgan fingerprint density at radius 3 is 1.89 bits per heavy atom. The van der Waals surface area contributed by atoms with Crippen molar-refractivity contribution in [2.24, 2.45) is 17.8 Å². The average molecular weight is 473 g/mol. The summed E-state index contributed by atoms with van der Waals surface area (Å²) in [5.74, 6) is -1.73. The molecule has 5 aliphatic rings. The van der Waals surface area contributed by atoms with Crippen LogP contribution >= 0.6 is 0 Å². The number of benzene rings is 2. The Balaban J connectivity index is 1.36. The number of imide groups is 1. The number of ether oxygens (including phenoxy) is 1. The van der Waals surface area contributed by atoms with Crippen LogP contribution in [0.25, 0.3) is 0 Å². The van der Waals surface area contributed by atoms with Crippen molar-refractivity contribution in [1.29, 1.82) is 0 Å². The Labute approximate surface area is 206 Å². The highest BCUT2D eigenvalue weighted by Gasteiger charge is 2.63. The van der Waals surface area contributed by atoms with Crippen LogP contribution in [0.15, 0.2) is 48.5 Å². The number of rotatable bonds is 6. The van der Waals surface area contributed by atoms with Crippen molar-refractivity contribution in [2.75, 3.05) is 13.2 Å². The normalized spacial score (nSPS) is 29.2. The van der Waals surface area contributed by atoms with Crippen LogP contribution in [0.1, 0.15) is 67.2 Å². The maximum Gasteiger partial charge on any atom is 0.243 e. The molecule has 0 unspecified atom stereocenters. The molecule has 7 rings (SSSR count). The van der Waals surface area contributed by atoms with Gasteiger partial charge in [-0.1, -0.05) is 62.4 Å². The maximum absolute atomic E-state index is 14.0. The highest BCUT2D eigenvalue weighted by molar-refractivity contribution is 6.10. The second-order valence-corrected chi connectivity index (χ2v) is 10.8. The van der Waals surface area contributed by atoms with Crippen molar-refractivity contribution in [1.82, 2.24) is 10.2 Å². The van der Waals surface area contributed by atoms with Gasteiger partial charge in [0, 0.05) is 25.0 Å². The van der Waals surface area contributed by atoms with Crippen LogP contribution in [0, 0.1) is 17.8 Å². The van der Waals surface area contributed by atoms with E-state index in [1.165, 1.54) is 4.90 Å². The van der Waals surface area contributed by atoms with E-state index in [9.17, 15) is 14.4 Å². The van der Waals surface area contributed by atoms with E-state index in [-0.39, 0.29) is 41.6 Å². The van der Waals surface area contributed by atoms with E-state index >= 15 is 0 Å². The summed E-state index contributed by atoms with van der Waals surface area (Å²) in [5.41, 5.74) is 4.57. The molecule has 2 bridgehead atoms. The topological polar surface area (TPSA) is 75.7 Å². The van der Waals surface area contributed by atoms with E-state index < -0.39 is 17.9 Å². The quantitative estimate of drug-likeness (QED) is 0.652. The van der Waals surface area contributed by atoms with Crippen molar-refractivity contribution >= 4 is 17.7 Å². The zero-order valence-electron chi connectivity index (χ0n) is 20.3. The predicted octanol–water partition coefficient (Wildman–Crippen LogP) is 3.59. The fourth-order valence-corrected chi connectivity index (χ4v) is 6.92. The Hall–Kier alpha value is -2.99. The van der Waals surface area contributed by atoms with Crippen LogP contribution < -0.4 is 5.32 Å². The summed E-state index contributed by atoms with van der Waals surface area (Å²) in [4.78, 5) is 42.8. The summed E-state index contributed by atoms with van der Waals surface area (Å²) < 4.78 is 5.65. The monoisotopic (exact) mass is 472 g/mol. The first-order chi connectivity index (χ1) is 17.0. The number of hydrogen-bond acceptors (Lipinski definition) is 4. The molecule has 35 heavy (non-hydrogen) atoms. The van der Waals surface area contributed by atoms with Crippen molar-refractivity contribution in [3.8, 4) is 0 Å². The predicted molar refractivity (Wildman–Crippen MR) is 131 cm³/mol. The Bertz CT molecular complexity index is 1070. The zero-order chi connectivity index (χ0) is 24.3. The molecule has 6 heteroatoms. The lowest BCUT2D eigenvalue weighted by Crippen LogP contribution is -2.51. The summed E-state index contributed by atoms with van der Waals surface area (Å²) in [6, 6.07) is 15.6. The lowest BCUT2D eigenvalue weighted by atomic mass is 9.55. The molecular formula is C29H32N2O4. The van der Waals surface area contributed by atoms with Crippen LogP contribution in [0.3, 0.4) is 0 Å². The standard InChI is InChI=1S/C29H32N2O4/c1-16(2)14-22(27(32)30-15-17-8-7-13-35-17)31-28(33)25-23-18-9-3-4-10-19(18)24(26(25)29(31)34)21-12-6-5-11-20(21)23/h3-6,9-12,16-17,22-26H,7-8,13-15H2,1-2H3,(H,30,32)/t17-,22+,23?,24?,25-,26-/m0/s1. The van der Waals surface area contributed by atoms with Gasteiger partial charge < -0.3 is 10.1 Å². The van der Waals surface area contributed by atoms with Crippen LogP contribution in [0.4, 0.5) is 0 Å². The van der Waals surface area contributed by atoms with E-state index in [1.54, 1.807) is 0 Å². The van der Waals surface area contributed by atoms with Gasteiger partial charge in [-0.25, -0.2) is 0 Å². The molecule has 3 aliphatic carbocycles. The molecule has 0 aromatic heterocycles. The minimum atomic E-state index is -0.798. The fraction of sp³-hybridized carbons (Fsp3) is 0.483. The SMILES string of the molecule is CC(C)C[C@H](C(=O)NC[C@@H]1CCCO1)N1C(=O)[C@H]2C3c4ccccc4C(c4ccccc43)[C@@H]2C1=O. The number of likely N-dealkylation sites (tertiary alicyclic amines) is 1. The second kappa shape index (κ2) is 8.59. The lowest BCUT2D eigenvalue weighted by molar-refractivity contribution is -0.148. The molecule has 0 radical (unpaired) electrons. The first-order valence-corrected chi connectivity index (χ1v) is 12.9. The largest absolute Gasteiger partial charge is 0.376 e. The van der Waals surface area contributed by atoms with Crippen molar-refractivity contribution in [2.45, 2.75) is 57.1 Å². The number of amides is 3. The summed E-state index contributed by atoms with van der Waals surface area (Å²) in [7, 11) is 0. The first kappa shape index (κ1) is 22.5. The van der Waals surface area contributed by atoms with Crippen LogP contribution in [0.5, 0.6) is 0 Å². The number of hydrogen-bond donors (Lipinski definition) is 1. The Morgan fingerprint density at radius 1 is 0.943 bits per heavy atom. The minimum Gasteiger partial charge on any atom is -0.376 e. The van der Waals surface area contributed by atoms with Gasteiger partial charge in [0.15, 0.2) is 0 Å². The summed E-state index contributed by atoms with van der Waals surface area (Å²) >= 11 is 0. The number of carbonyl (C=O) groups excluding carboxylic acids is 3. The van der Waals surface area contributed by atoms with Gasteiger partial charge in [0.25, 0.3) is 0 Å². The highest BCUT2D eigenvalue weighted by Crippen LogP contribution is 2.61. The smallest absolute Gasteiger partial charge is 0.243 e. The molecular weight excluding hydrogens is 440 g/mol. The number of nitrogens with zero attached hydrogens (tertiary/aromatic N) is 1. The molecule has 2 heterocycles. The molecule has 2 aromatic rings. The summed E-state index contributed by atoms with van der Waals surface area (Å²) in [5, 5.41) is 2.99. The molecule has 0 spiro atoms. The van der Waals surface area contributed by atoms with Gasteiger partial charge in [-0.05, 0) is 47.4 Å². The van der Waals surface area contributed by atoms with Crippen molar-refractivity contribution < 1.29 is 19.1 Å². The third kappa shape index (κ3) is 3.45. The highest BCUT2D eigenvalue weighted by atomic mass is 16.5. The molecule has 3 amide bonds. The van der Waals surface area contributed by atoms with E-state index in [1.807, 2.05) is 38.1 Å². The van der Waals surface area contributed by atoms with E-state index in [4.69, 9.17) is 4.74 Å². The molecule has 6 nitrogen and oxygen atoms in total. The van der Waals surface area contributed by atoms with Gasteiger partial charge in [-0.3, -0.25) is 19.3 Å². The summed E-state index contributed by atoms with van der Waals surface area (Å²) in [6.45, 7) is 5.17. The Morgan fingerprint density at radius 2 is 1.46 bits per heavy atom. The van der Waals surface area contributed by atoms with Gasteiger partial charge in [0.2, 0.25) is 17.7 Å². The van der Waals surface area contributed by atoms with E-state index in [0.717, 1.165) is 35.1 Å². The first-order valence-electron chi connectivity index (χ1n) is 12.9. The van der Waals surface area contributed by atoms with Gasteiger partial charge in [0.1, 0.15) is 6.04 Å². The molecule has 182 valence electrons. The van der Waals surface area contributed by atoms with Gasteiger partial charge >= 0.3 is 0 Å². The van der Waals surface area contributed by atoms with Crippen LogP contribution in [0.2, 0.25) is 0 Å². The van der Waals surface area contributed by atoms with Gasteiger partial charge in [0.05, 0.1) is 17.9 Å². The summed E-state index contributed by atoms with van der Waals surface area (Å²) in [6.07, 6.45) is 2.36. The third-order valence-electron chi connectivity index (χ3n) is 8.32. The molecule has 2 aliphatic heterocycles. The van der Waals surface area contributed by atoms with E-state index in [0.29, 0.717) is 19.6 Å². The molecule has 4 atom stereocenters. The second-order valence-electron chi connectivity index (χ2n) is 10.8. The van der Waals surface area contributed by atoms with Gasteiger partial charge in [-0.15, -0.1) is 0 Å². The fourth-order valence-electron chi connectivity index (χ4n) is 6.92. The van der Waals surface area contributed by atoms with Crippen LogP contribution in [-0.4, -0.2) is 47.9 Å². The molecule has 0 saturated carbocycles. The number of carbonyl (C=O) groups is 3. The molecule has 2 aromatic carbocycles. The van der Waals surface area contributed by atoms with Crippen molar-refractivity contribution in [3.05, 3.63) is 70.8 Å². The maximum atomic E-state index is 14.0. The van der Waals surface area contributed by atoms with Gasteiger partial charge in [-0.2, -0.15) is 0 Å². The van der Waals surface area contributed by atoms with Crippen LogP contribution in [-0.2, 0) is 19.1 Å². The van der Waals surface area contributed by atoms with E-state index in [2.05, 4.69) is 29.6 Å². The third-order valence-corrected chi connectivity index (χ3v) is 8.32. The molecule has 2 fully saturated rings. The molecule has 2 saturated heterocycles. The number of nitrogens with one attached hydrogen (secondary N) is 1. The van der Waals surface area contributed by atoms with Crippen molar-refractivity contribution in [3.63, 3.8) is 0 Å². The molecule has 1 N–H and O–H groups in total. The zero-order valence-corrected chi connectivity index (χ0v) is 20.3. The lowest BCUT2D eigenvalue weighted by Gasteiger charge is -2.45.